The predicted molar refractivity (Wildman–Crippen MR) is 81.3 cm³/mol. The molecule has 0 unspecified atom stereocenters. The number of nitrogens with two attached hydrogens (primary N) is 1. The molecular formula is C14H16ClN5. The van der Waals surface area contributed by atoms with Crippen molar-refractivity contribution in [2.24, 2.45) is 0 Å². The molecule has 5 nitrogen and oxygen atoms in total. The van der Waals surface area contributed by atoms with Gasteiger partial charge in [-0.2, -0.15) is 10.2 Å². The molecule has 0 radical (unpaired) electrons. The van der Waals surface area contributed by atoms with E-state index in [0.29, 0.717) is 10.8 Å². The first kappa shape index (κ1) is 13.0. The highest BCUT2D eigenvalue weighted by molar-refractivity contribution is 6.30. The Morgan fingerprint density at radius 2 is 1.85 bits per heavy atom. The van der Waals surface area contributed by atoms with E-state index >= 15 is 0 Å². The molecule has 0 amide bonds. The third-order valence-corrected chi connectivity index (χ3v) is 3.45. The van der Waals surface area contributed by atoms with Gasteiger partial charge in [0.2, 0.25) is 0 Å². The molecule has 3 N–H and O–H groups in total. The molecule has 0 spiro atoms. The minimum absolute atomic E-state index is 0.117. The Morgan fingerprint density at radius 1 is 1.20 bits per heavy atom. The number of H-pyrrole nitrogens is 1. The molecule has 3 rings (SSSR count). The Kier molecular flexibility index (Phi) is 2.76. The zero-order chi connectivity index (χ0) is 14.5. The summed E-state index contributed by atoms with van der Waals surface area (Å²) in [6.45, 7) is 6.31. The zero-order valence-electron chi connectivity index (χ0n) is 11.6. The lowest BCUT2D eigenvalue weighted by molar-refractivity contribution is 0.564. The summed E-state index contributed by atoms with van der Waals surface area (Å²) in [6.07, 6.45) is 0. The molecule has 0 aliphatic heterocycles. The Morgan fingerprint density at radius 3 is 2.45 bits per heavy atom. The summed E-state index contributed by atoms with van der Waals surface area (Å²) in [5.74, 6) is 0.546. The molecule has 0 fully saturated rings. The first-order valence-electron chi connectivity index (χ1n) is 6.37. The summed E-state index contributed by atoms with van der Waals surface area (Å²) in [4.78, 5) is 0. The molecule has 2 aromatic heterocycles. The van der Waals surface area contributed by atoms with Crippen LogP contribution in [-0.4, -0.2) is 20.0 Å². The van der Waals surface area contributed by atoms with Gasteiger partial charge in [-0.1, -0.05) is 32.4 Å². The third kappa shape index (κ3) is 1.94. The van der Waals surface area contributed by atoms with Gasteiger partial charge < -0.3 is 5.73 Å². The average Bonchev–Trinajstić information content (AvgIpc) is 2.91. The van der Waals surface area contributed by atoms with Crippen LogP contribution in [0.4, 0.5) is 5.82 Å². The van der Waals surface area contributed by atoms with E-state index in [9.17, 15) is 0 Å². The van der Waals surface area contributed by atoms with Gasteiger partial charge in [0.15, 0.2) is 5.65 Å². The van der Waals surface area contributed by atoms with Gasteiger partial charge in [0.25, 0.3) is 0 Å². The summed E-state index contributed by atoms with van der Waals surface area (Å²) in [5, 5.41) is 13.4. The largest absolute Gasteiger partial charge is 0.383 e. The molecule has 3 aromatic rings. The molecule has 0 aliphatic rings. The minimum atomic E-state index is -0.117. The van der Waals surface area contributed by atoms with Gasteiger partial charge in [0.1, 0.15) is 5.82 Å². The highest BCUT2D eigenvalue weighted by atomic mass is 35.5. The first-order valence-corrected chi connectivity index (χ1v) is 6.75. The highest BCUT2D eigenvalue weighted by Gasteiger charge is 2.26. The molecule has 20 heavy (non-hydrogen) atoms. The van der Waals surface area contributed by atoms with Gasteiger partial charge in [-0.05, 0) is 24.3 Å². The van der Waals surface area contributed by atoms with Gasteiger partial charge in [-0.3, -0.25) is 5.10 Å². The topological polar surface area (TPSA) is 72.5 Å². The van der Waals surface area contributed by atoms with E-state index in [2.05, 4.69) is 31.0 Å². The fourth-order valence-electron chi connectivity index (χ4n) is 2.22. The molecule has 2 heterocycles. The van der Waals surface area contributed by atoms with Crippen molar-refractivity contribution in [1.82, 2.24) is 20.0 Å². The smallest absolute Gasteiger partial charge is 0.186 e. The maximum Gasteiger partial charge on any atom is 0.186 e. The Balaban J connectivity index is 2.29. The van der Waals surface area contributed by atoms with Crippen molar-refractivity contribution >= 4 is 28.5 Å². The number of nitrogens with one attached hydrogen (secondary N) is 1. The zero-order valence-corrected chi connectivity index (χ0v) is 12.4. The molecule has 0 saturated heterocycles. The second kappa shape index (κ2) is 4.24. The van der Waals surface area contributed by atoms with Crippen LogP contribution in [0.5, 0.6) is 0 Å². The fraction of sp³-hybridized carbons (Fsp3) is 0.286. The number of anilines is 1. The summed E-state index contributed by atoms with van der Waals surface area (Å²) in [5.41, 5.74) is 8.44. The van der Waals surface area contributed by atoms with Gasteiger partial charge in [0.05, 0.1) is 16.8 Å². The fourth-order valence-corrected chi connectivity index (χ4v) is 2.34. The van der Waals surface area contributed by atoms with Gasteiger partial charge >= 0.3 is 0 Å². The van der Waals surface area contributed by atoms with Gasteiger partial charge in [0, 0.05) is 10.4 Å². The van der Waals surface area contributed by atoms with E-state index in [1.54, 1.807) is 4.68 Å². The van der Waals surface area contributed by atoms with Gasteiger partial charge in [-0.15, -0.1) is 0 Å². The Bertz CT molecular complexity index is 761. The molecule has 0 saturated carbocycles. The van der Waals surface area contributed by atoms with E-state index in [-0.39, 0.29) is 5.41 Å². The van der Waals surface area contributed by atoms with Crippen LogP contribution in [0.25, 0.3) is 16.7 Å². The predicted octanol–water partition coefficient (Wildman–Crippen LogP) is 3.28. The molecular weight excluding hydrogens is 274 g/mol. The van der Waals surface area contributed by atoms with Crippen molar-refractivity contribution in [3.8, 4) is 5.69 Å². The molecule has 0 atom stereocenters. The van der Waals surface area contributed by atoms with Crippen LogP contribution in [-0.2, 0) is 5.41 Å². The lowest BCUT2D eigenvalue weighted by atomic mass is 9.91. The lowest BCUT2D eigenvalue weighted by Gasteiger charge is -2.15. The molecule has 0 bridgehead atoms. The standard InChI is InChI=1S/C14H16ClN5/c1-14(2,3)11-10-12(16)17-18-13(10)20(19-11)9-6-4-8(15)5-7-9/h4-7H,1-3H3,(H3,16,17,18). The Hall–Kier alpha value is -2.01. The number of nitrogen functional groups attached to an aromatic ring is 1. The van der Waals surface area contributed by atoms with Crippen LogP contribution in [0.3, 0.4) is 0 Å². The summed E-state index contributed by atoms with van der Waals surface area (Å²) in [6, 6.07) is 7.48. The number of hydrogen-bond acceptors (Lipinski definition) is 3. The van der Waals surface area contributed by atoms with Crippen LogP contribution in [0.2, 0.25) is 5.02 Å². The van der Waals surface area contributed by atoms with Crippen LogP contribution in [0, 0.1) is 0 Å². The molecule has 0 aliphatic carbocycles. The summed E-state index contributed by atoms with van der Waals surface area (Å²) < 4.78 is 1.79. The number of hydrogen-bond donors (Lipinski definition) is 2. The number of benzene rings is 1. The monoisotopic (exact) mass is 289 g/mol. The van der Waals surface area contributed by atoms with Crippen molar-refractivity contribution in [3.63, 3.8) is 0 Å². The SMILES string of the molecule is CC(C)(C)c1nn(-c2ccc(Cl)cc2)c2n[nH]c(N)c12. The lowest BCUT2D eigenvalue weighted by Crippen LogP contribution is -2.13. The second-order valence-electron chi connectivity index (χ2n) is 5.82. The average molecular weight is 290 g/mol. The normalized spacial score (nSPS) is 12.2. The number of aromatic nitrogens is 4. The number of aromatic amines is 1. The van der Waals surface area contributed by atoms with Crippen molar-refractivity contribution in [3.05, 3.63) is 35.0 Å². The summed E-state index contributed by atoms with van der Waals surface area (Å²) in [7, 11) is 0. The van der Waals surface area contributed by atoms with Crippen LogP contribution in [0.1, 0.15) is 26.5 Å². The van der Waals surface area contributed by atoms with Crippen molar-refractivity contribution in [1.29, 1.82) is 0 Å². The maximum absolute atomic E-state index is 6.00. The molecule has 1 aromatic carbocycles. The number of fused-ring (bicyclic) bond motifs is 1. The minimum Gasteiger partial charge on any atom is -0.383 e. The third-order valence-electron chi connectivity index (χ3n) is 3.19. The van der Waals surface area contributed by atoms with E-state index in [1.165, 1.54) is 0 Å². The van der Waals surface area contributed by atoms with E-state index in [4.69, 9.17) is 22.4 Å². The van der Waals surface area contributed by atoms with Crippen LogP contribution < -0.4 is 5.73 Å². The van der Waals surface area contributed by atoms with Crippen LogP contribution >= 0.6 is 11.6 Å². The van der Waals surface area contributed by atoms with E-state index in [1.807, 2.05) is 24.3 Å². The quantitative estimate of drug-likeness (QED) is 0.722. The van der Waals surface area contributed by atoms with Crippen molar-refractivity contribution < 1.29 is 0 Å². The molecule has 6 heteroatoms. The highest BCUT2D eigenvalue weighted by Crippen LogP contribution is 2.32. The number of halogens is 1. The van der Waals surface area contributed by atoms with E-state index in [0.717, 1.165) is 22.4 Å². The molecule has 104 valence electrons. The van der Waals surface area contributed by atoms with Crippen LogP contribution in [0.15, 0.2) is 24.3 Å². The Labute approximate surface area is 121 Å². The second-order valence-corrected chi connectivity index (χ2v) is 6.26. The number of rotatable bonds is 1. The summed E-state index contributed by atoms with van der Waals surface area (Å²) >= 11 is 5.93. The van der Waals surface area contributed by atoms with Crippen molar-refractivity contribution in [2.45, 2.75) is 26.2 Å². The van der Waals surface area contributed by atoms with E-state index < -0.39 is 0 Å². The number of nitrogens with zero attached hydrogens (tertiary/aromatic N) is 3. The van der Waals surface area contributed by atoms with Crippen molar-refractivity contribution in [2.75, 3.05) is 5.73 Å². The maximum atomic E-state index is 6.00. The first-order chi connectivity index (χ1) is 9.38. The van der Waals surface area contributed by atoms with Gasteiger partial charge in [-0.25, -0.2) is 4.68 Å².